The predicted octanol–water partition coefficient (Wildman–Crippen LogP) is 0.489. The van der Waals surface area contributed by atoms with Gasteiger partial charge >= 0.3 is 0 Å². The lowest BCUT2D eigenvalue weighted by molar-refractivity contribution is -0.132. The summed E-state index contributed by atoms with van der Waals surface area (Å²) in [5.41, 5.74) is 5.89. The third kappa shape index (κ3) is 5.04. The fourth-order valence-electron chi connectivity index (χ4n) is 2.34. The molecule has 2 amide bonds. The standard InChI is InChI=1S/C13H25N3O2/c1-3-16(2)13(18)9-15-12(17)8-10-5-4-6-11(14)7-10/h10-11H,3-9,14H2,1-2H3,(H,15,17). The van der Waals surface area contributed by atoms with Crippen LogP contribution in [0.15, 0.2) is 0 Å². The van der Waals surface area contributed by atoms with Crippen molar-refractivity contribution >= 4 is 11.8 Å². The highest BCUT2D eigenvalue weighted by Gasteiger charge is 2.21. The molecule has 2 unspecified atom stereocenters. The van der Waals surface area contributed by atoms with E-state index in [9.17, 15) is 9.59 Å². The summed E-state index contributed by atoms with van der Waals surface area (Å²) in [6.07, 6.45) is 4.67. The van der Waals surface area contributed by atoms with Crippen LogP contribution < -0.4 is 11.1 Å². The highest BCUT2D eigenvalue weighted by Crippen LogP contribution is 2.25. The zero-order chi connectivity index (χ0) is 13.5. The zero-order valence-corrected chi connectivity index (χ0v) is 11.4. The molecule has 5 heteroatoms. The van der Waals surface area contributed by atoms with Gasteiger partial charge in [0.05, 0.1) is 6.54 Å². The van der Waals surface area contributed by atoms with E-state index in [1.165, 1.54) is 0 Å². The predicted molar refractivity (Wildman–Crippen MR) is 70.9 cm³/mol. The number of likely N-dealkylation sites (N-methyl/N-ethyl adjacent to an activating group) is 1. The van der Waals surface area contributed by atoms with Gasteiger partial charge in [-0.05, 0) is 32.1 Å². The minimum absolute atomic E-state index is 0.0352. The molecular weight excluding hydrogens is 230 g/mol. The minimum Gasteiger partial charge on any atom is -0.347 e. The van der Waals surface area contributed by atoms with Crippen LogP contribution in [-0.2, 0) is 9.59 Å². The van der Waals surface area contributed by atoms with E-state index in [-0.39, 0.29) is 24.4 Å². The molecule has 0 aliphatic heterocycles. The first-order valence-electron chi connectivity index (χ1n) is 6.79. The maximum atomic E-state index is 11.7. The van der Waals surface area contributed by atoms with Crippen LogP contribution in [0.5, 0.6) is 0 Å². The maximum absolute atomic E-state index is 11.7. The first kappa shape index (κ1) is 15.0. The van der Waals surface area contributed by atoms with Crippen LogP contribution in [0.1, 0.15) is 39.0 Å². The van der Waals surface area contributed by atoms with E-state index in [1.807, 2.05) is 6.92 Å². The molecule has 18 heavy (non-hydrogen) atoms. The summed E-state index contributed by atoms with van der Waals surface area (Å²) in [6.45, 7) is 2.66. The first-order valence-corrected chi connectivity index (χ1v) is 6.79. The van der Waals surface area contributed by atoms with Crippen LogP contribution >= 0.6 is 0 Å². The van der Waals surface area contributed by atoms with Crippen molar-refractivity contribution in [3.05, 3.63) is 0 Å². The van der Waals surface area contributed by atoms with Gasteiger partial charge in [0.2, 0.25) is 11.8 Å². The zero-order valence-electron chi connectivity index (χ0n) is 11.4. The lowest BCUT2D eigenvalue weighted by Gasteiger charge is -2.26. The SMILES string of the molecule is CCN(C)C(=O)CNC(=O)CC1CCCC(N)C1. The van der Waals surface area contributed by atoms with Gasteiger partial charge < -0.3 is 16.0 Å². The number of carbonyl (C=O) groups excluding carboxylic acids is 2. The average molecular weight is 255 g/mol. The second-order valence-corrected chi connectivity index (χ2v) is 5.18. The van der Waals surface area contributed by atoms with Crippen LogP contribution in [0, 0.1) is 5.92 Å². The van der Waals surface area contributed by atoms with E-state index in [0.29, 0.717) is 18.9 Å². The fraction of sp³-hybridized carbons (Fsp3) is 0.846. The summed E-state index contributed by atoms with van der Waals surface area (Å²) in [5.74, 6) is 0.297. The maximum Gasteiger partial charge on any atom is 0.241 e. The van der Waals surface area contributed by atoms with Crippen molar-refractivity contribution < 1.29 is 9.59 Å². The van der Waals surface area contributed by atoms with Crippen molar-refractivity contribution in [2.45, 2.75) is 45.1 Å². The number of carbonyl (C=O) groups is 2. The van der Waals surface area contributed by atoms with E-state index in [4.69, 9.17) is 5.73 Å². The van der Waals surface area contributed by atoms with Gasteiger partial charge in [-0.25, -0.2) is 0 Å². The molecule has 0 saturated heterocycles. The minimum atomic E-state index is -0.0498. The number of amides is 2. The molecule has 1 aliphatic carbocycles. The van der Waals surface area contributed by atoms with Gasteiger partial charge in [-0.3, -0.25) is 9.59 Å². The monoisotopic (exact) mass is 255 g/mol. The summed E-state index contributed by atoms with van der Waals surface area (Å²) in [7, 11) is 1.73. The van der Waals surface area contributed by atoms with E-state index < -0.39 is 0 Å². The number of hydrogen-bond acceptors (Lipinski definition) is 3. The molecule has 0 radical (unpaired) electrons. The number of hydrogen-bond donors (Lipinski definition) is 2. The molecule has 0 aromatic heterocycles. The third-order valence-corrected chi connectivity index (χ3v) is 3.63. The number of nitrogens with two attached hydrogens (primary N) is 1. The van der Waals surface area contributed by atoms with Crippen molar-refractivity contribution in [3.63, 3.8) is 0 Å². The normalized spacial score (nSPS) is 23.5. The molecule has 0 heterocycles. The van der Waals surface area contributed by atoms with Crippen LogP contribution in [-0.4, -0.2) is 42.9 Å². The summed E-state index contributed by atoms with van der Waals surface area (Å²) in [6, 6.07) is 0.240. The third-order valence-electron chi connectivity index (χ3n) is 3.63. The Bertz CT molecular complexity index is 294. The Morgan fingerprint density at radius 2 is 2.11 bits per heavy atom. The van der Waals surface area contributed by atoms with Gasteiger partial charge in [-0.15, -0.1) is 0 Å². The highest BCUT2D eigenvalue weighted by atomic mass is 16.2. The molecular formula is C13H25N3O2. The summed E-state index contributed by atoms with van der Waals surface area (Å²) in [5, 5.41) is 2.69. The van der Waals surface area contributed by atoms with Gasteiger partial charge in [0.1, 0.15) is 0 Å². The molecule has 3 N–H and O–H groups in total. The van der Waals surface area contributed by atoms with Crippen LogP contribution in [0.2, 0.25) is 0 Å². The van der Waals surface area contributed by atoms with E-state index in [2.05, 4.69) is 5.32 Å². The van der Waals surface area contributed by atoms with E-state index in [0.717, 1.165) is 25.7 Å². The fourth-order valence-corrected chi connectivity index (χ4v) is 2.34. The number of nitrogens with zero attached hydrogens (tertiary/aromatic N) is 1. The van der Waals surface area contributed by atoms with Crippen LogP contribution in [0.3, 0.4) is 0 Å². The molecule has 0 spiro atoms. The second kappa shape index (κ2) is 7.36. The number of rotatable bonds is 5. The van der Waals surface area contributed by atoms with Crippen LogP contribution in [0.4, 0.5) is 0 Å². The van der Waals surface area contributed by atoms with Gasteiger partial charge in [0.15, 0.2) is 0 Å². The Morgan fingerprint density at radius 3 is 2.72 bits per heavy atom. The molecule has 1 aliphatic rings. The summed E-state index contributed by atoms with van der Waals surface area (Å²) < 4.78 is 0. The summed E-state index contributed by atoms with van der Waals surface area (Å²) in [4.78, 5) is 24.8. The van der Waals surface area contributed by atoms with E-state index in [1.54, 1.807) is 11.9 Å². The van der Waals surface area contributed by atoms with Gasteiger partial charge in [-0.1, -0.05) is 6.42 Å². The average Bonchev–Trinajstić information content (AvgIpc) is 2.35. The van der Waals surface area contributed by atoms with Gasteiger partial charge in [-0.2, -0.15) is 0 Å². The highest BCUT2D eigenvalue weighted by molar-refractivity contribution is 5.84. The van der Waals surface area contributed by atoms with Gasteiger partial charge in [0.25, 0.3) is 0 Å². The Balaban J connectivity index is 2.23. The molecule has 0 aromatic carbocycles. The molecule has 1 rings (SSSR count). The smallest absolute Gasteiger partial charge is 0.241 e. The molecule has 2 atom stereocenters. The molecule has 1 saturated carbocycles. The topological polar surface area (TPSA) is 75.4 Å². The number of nitrogens with one attached hydrogen (secondary N) is 1. The quantitative estimate of drug-likeness (QED) is 0.750. The Hall–Kier alpha value is -1.10. The van der Waals surface area contributed by atoms with Crippen molar-refractivity contribution in [3.8, 4) is 0 Å². The Morgan fingerprint density at radius 1 is 1.39 bits per heavy atom. The molecule has 104 valence electrons. The molecule has 5 nitrogen and oxygen atoms in total. The van der Waals surface area contributed by atoms with Gasteiger partial charge in [0, 0.05) is 26.1 Å². The van der Waals surface area contributed by atoms with E-state index >= 15 is 0 Å². The van der Waals surface area contributed by atoms with Crippen molar-refractivity contribution in [2.24, 2.45) is 11.7 Å². The Kier molecular flexibility index (Phi) is 6.12. The first-order chi connectivity index (χ1) is 8.52. The Labute approximate surface area is 109 Å². The molecule has 0 bridgehead atoms. The lowest BCUT2D eigenvalue weighted by Crippen LogP contribution is -2.39. The molecule has 1 fully saturated rings. The van der Waals surface area contributed by atoms with Crippen molar-refractivity contribution in [1.82, 2.24) is 10.2 Å². The lowest BCUT2D eigenvalue weighted by atomic mass is 9.84. The largest absolute Gasteiger partial charge is 0.347 e. The summed E-state index contributed by atoms with van der Waals surface area (Å²) >= 11 is 0. The van der Waals surface area contributed by atoms with Crippen molar-refractivity contribution in [1.29, 1.82) is 0 Å². The van der Waals surface area contributed by atoms with Crippen LogP contribution in [0.25, 0.3) is 0 Å². The van der Waals surface area contributed by atoms with Crippen molar-refractivity contribution in [2.75, 3.05) is 20.1 Å². The second-order valence-electron chi connectivity index (χ2n) is 5.18. The molecule has 0 aromatic rings.